The standard InChI is InChI=1S/C20H25NO3/c1-14-9-11-20(12-10-14)17(15(2)19(23)24-20)18(22)21(3)13-16-7-5-4-6-8-16/h4-8,14H,9-13H2,1-3H3. The molecule has 0 unspecified atom stereocenters. The van der Waals surface area contributed by atoms with Gasteiger partial charge in [0.05, 0.1) is 5.57 Å². The minimum atomic E-state index is -0.699. The summed E-state index contributed by atoms with van der Waals surface area (Å²) >= 11 is 0. The molecule has 1 heterocycles. The number of rotatable bonds is 3. The number of hydrogen-bond acceptors (Lipinski definition) is 3. The molecule has 1 aliphatic carbocycles. The number of likely N-dealkylation sites (N-methyl/N-ethyl adjacent to an activating group) is 1. The van der Waals surface area contributed by atoms with Gasteiger partial charge in [0.25, 0.3) is 5.91 Å². The highest BCUT2D eigenvalue weighted by atomic mass is 16.6. The molecule has 1 spiro atoms. The molecule has 1 amide bonds. The zero-order valence-corrected chi connectivity index (χ0v) is 14.7. The fraction of sp³-hybridized carbons (Fsp3) is 0.500. The van der Waals surface area contributed by atoms with Gasteiger partial charge in [-0.3, -0.25) is 4.79 Å². The first kappa shape index (κ1) is 16.7. The zero-order valence-electron chi connectivity index (χ0n) is 14.7. The van der Waals surface area contributed by atoms with E-state index in [1.165, 1.54) is 0 Å². The van der Waals surface area contributed by atoms with Crippen molar-refractivity contribution in [1.29, 1.82) is 0 Å². The number of amides is 1. The van der Waals surface area contributed by atoms with Crippen LogP contribution in [0.1, 0.15) is 45.1 Å². The molecule has 0 saturated heterocycles. The molecule has 2 aliphatic rings. The molecule has 0 aromatic heterocycles. The molecule has 0 atom stereocenters. The lowest BCUT2D eigenvalue weighted by Gasteiger charge is -2.37. The Bertz CT molecular complexity index is 669. The van der Waals surface area contributed by atoms with E-state index in [0.29, 0.717) is 23.6 Å². The van der Waals surface area contributed by atoms with E-state index in [-0.39, 0.29) is 11.9 Å². The van der Waals surface area contributed by atoms with Gasteiger partial charge < -0.3 is 9.64 Å². The number of nitrogens with zero attached hydrogens (tertiary/aromatic N) is 1. The topological polar surface area (TPSA) is 46.6 Å². The maximum atomic E-state index is 13.1. The SMILES string of the molecule is CC1=C(C(=O)N(C)Cc2ccccc2)C2(CCC(C)CC2)OC1=O. The molecule has 1 aromatic carbocycles. The van der Waals surface area contributed by atoms with Gasteiger partial charge in [-0.25, -0.2) is 4.79 Å². The van der Waals surface area contributed by atoms with E-state index < -0.39 is 5.60 Å². The van der Waals surface area contributed by atoms with Crippen molar-refractivity contribution >= 4 is 11.9 Å². The maximum absolute atomic E-state index is 13.1. The highest BCUT2D eigenvalue weighted by molar-refractivity contribution is 6.07. The normalized spacial score (nSPS) is 26.6. The van der Waals surface area contributed by atoms with Gasteiger partial charge in [-0.2, -0.15) is 0 Å². The van der Waals surface area contributed by atoms with Gasteiger partial charge in [0.2, 0.25) is 0 Å². The van der Waals surface area contributed by atoms with Crippen LogP contribution in [0.2, 0.25) is 0 Å². The Labute approximate surface area is 143 Å². The van der Waals surface area contributed by atoms with Gasteiger partial charge in [-0.05, 0) is 44.1 Å². The second-order valence-corrected chi connectivity index (χ2v) is 7.21. The van der Waals surface area contributed by atoms with Crippen LogP contribution in [0, 0.1) is 5.92 Å². The number of benzene rings is 1. The van der Waals surface area contributed by atoms with Gasteiger partial charge in [0, 0.05) is 19.2 Å². The van der Waals surface area contributed by atoms with Crippen LogP contribution in [0.5, 0.6) is 0 Å². The lowest BCUT2D eigenvalue weighted by molar-refractivity contribution is -0.150. The summed E-state index contributed by atoms with van der Waals surface area (Å²) in [7, 11) is 1.79. The van der Waals surface area contributed by atoms with Crippen LogP contribution in [0.4, 0.5) is 0 Å². The summed E-state index contributed by atoms with van der Waals surface area (Å²) in [5.41, 5.74) is 1.44. The molecule has 0 N–H and O–H groups in total. The molecule has 1 aromatic rings. The van der Waals surface area contributed by atoms with E-state index in [0.717, 1.165) is 31.2 Å². The second kappa shape index (κ2) is 6.42. The van der Waals surface area contributed by atoms with Crippen LogP contribution >= 0.6 is 0 Å². The summed E-state index contributed by atoms with van der Waals surface area (Å²) in [6.07, 6.45) is 3.47. The number of carbonyl (C=O) groups is 2. The Morgan fingerprint density at radius 3 is 2.50 bits per heavy atom. The Morgan fingerprint density at radius 2 is 1.88 bits per heavy atom. The first-order chi connectivity index (χ1) is 11.4. The van der Waals surface area contributed by atoms with Gasteiger partial charge in [0.1, 0.15) is 5.60 Å². The molecule has 1 saturated carbocycles. The van der Waals surface area contributed by atoms with Gasteiger partial charge in [-0.15, -0.1) is 0 Å². The van der Waals surface area contributed by atoms with Crippen molar-refractivity contribution in [3.63, 3.8) is 0 Å². The van der Waals surface area contributed by atoms with Crippen molar-refractivity contribution in [2.45, 2.75) is 51.7 Å². The van der Waals surface area contributed by atoms with Crippen molar-refractivity contribution in [3.8, 4) is 0 Å². The van der Waals surface area contributed by atoms with Gasteiger partial charge in [-0.1, -0.05) is 37.3 Å². The molecule has 1 fully saturated rings. The summed E-state index contributed by atoms with van der Waals surface area (Å²) in [5, 5.41) is 0. The van der Waals surface area contributed by atoms with E-state index in [9.17, 15) is 9.59 Å². The van der Waals surface area contributed by atoms with Crippen LogP contribution in [-0.2, 0) is 20.9 Å². The first-order valence-electron chi connectivity index (χ1n) is 8.67. The Kier molecular flexibility index (Phi) is 4.48. The lowest BCUT2D eigenvalue weighted by atomic mass is 9.75. The Balaban J connectivity index is 1.84. The van der Waals surface area contributed by atoms with Crippen molar-refractivity contribution in [1.82, 2.24) is 4.90 Å². The zero-order chi connectivity index (χ0) is 17.3. The quantitative estimate of drug-likeness (QED) is 0.799. The molecular weight excluding hydrogens is 302 g/mol. The maximum Gasteiger partial charge on any atom is 0.335 e. The highest BCUT2D eigenvalue weighted by Crippen LogP contribution is 2.45. The fourth-order valence-electron chi connectivity index (χ4n) is 3.80. The number of ether oxygens (including phenoxy) is 1. The molecule has 0 radical (unpaired) electrons. The van der Waals surface area contributed by atoms with E-state index in [1.807, 2.05) is 30.3 Å². The lowest BCUT2D eigenvalue weighted by Crippen LogP contribution is -2.42. The Morgan fingerprint density at radius 1 is 1.25 bits per heavy atom. The molecule has 128 valence electrons. The smallest absolute Gasteiger partial charge is 0.335 e. The molecule has 4 nitrogen and oxygen atoms in total. The average Bonchev–Trinajstić information content (AvgIpc) is 2.81. The average molecular weight is 327 g/mol. The minimum absolute atomic E-state index is 0.0863. The predicted molar refractivity (Wildman–Crippen MR) is 92.1 cm³/mol. The van der Waals surface area contributed by atoms with Crippen LogP contribution in [0.25, 0.3) is 0 Å². The molecule has 4 heteroatoms. The van der Waals surface area contributed by atoms with Crippen LogP contribution in [0.15, 0.2) is 41.5 Å². The van der Waals surface area contributed by atoms with Gasteiger partial charge >= 0.3 is 5.97 Å². The largest absolute Gasteiger partial charge is 0.451 e. The second-order valence-electron chi connectivity index (χ2n) is 7.21. The van der Waals surface area contributed by atoms with Crippen molar-refractivity contribution in [2.75, 3.05) is 7.05 Å². The third-order valence-electron chi connectivity index (χ3n) is 5.33. The summed E-state index contributed by atoms with van der Waals surface area (Å²) < 4.78 is 5.72. The molecule has 3 rings (SSSR count). The van der Waals surface area contributed by atoms with E-state index >= 15 is 0 Å². The first-order valence-corrected chi connectivity index (χ1v) is 8.67. The molecule has 0 bridgehead atoms. The van der Waals surface area contributed by atoms with Crippen molar-refractivity contribution in [3.05, 3.63) is 47.0 Å². The minimum Gasteiger partial charge on any atom is -0.451 e. The number of hydrogen-bond donors (Lipinski definition) is 0. The molecular formula is C20H25NO3. The molecule has 1 aliphatic heterocycles. The summed E-state index contributed by atoms with van der Waals surface area (Å²) in [6.45, 7) is 4.46. The summed E-state index contributed by atoms with van der Waals surface area (Å²) in [6, 6.07) is 9.88. The van der Waals surface area contributed by atoms with Crippen LogP contribution in [-0.4, -0.2) is 29.4 Å². The van der Waals surface area contributed by atoms with E-state index in [2.05, 4.69) is 6.92 Å². The summed E-state index contributed by atoms with van der Waals surface area (Å²) in [4.78, 5) is 27.0. The third kappa shape index (κ3) is 2.97. The van der Waals surface area contributed by atoms with E-state index in [1.54, 1.807) is 18.9 Å². The molecule has 24 heavy (non-hydrogen) atoms. The monoisotopic (exact) mass is 327 g/mol. The van der Waals surface area contributed by atoms with Crippen LogP contribution in [0.3, 0.4) is 0 Å². The highest BCUT2D eigenvalue weighted by Gasteiger charge is 2.51. The van der Waals surface area contributed by atoms with Gasteiger partial charge in [0.15, 0.2) is 0 Å². The fourth-order valence-corrected chi connectivity index (χ4v) is 3.80. The predicted octanol–water partition coefficient (Wildman–Crippen LogP) is 3.47. The number of carbonyl (C=O) groups excluding carboxylic acids is 2. The van der Waals surface area contributed by atoms with E-state index in [4.69, 9.17) is 4.74 Å². The Hall–Kier alpha value is -2.10. The number of esters is 1. The third-order valence-corrected chi connectivity index (χ3v) is 5.33. The van der Waals surface area contributed by atoms with Crippen LogP contribution < -0.4 is 0 Å². The summed E-state index contributed by atoms with van der Waals surface area (Å²) in [5.74, 6) is 0.200. The van der Waals surface area contributed by atoms with Crippen molar-refractivity contribution in [2.24, 2.45) is 5.92 Å². The van der Waals surface area contributed by atoms with Crippen molar-refractivity contribution < 1.29 is 14.3 Å².